The van der Waals surface area contributed by atoms with E-state index in [-0.39, 0.29) is 28.8 Å². The van der Waals surface area contributed by atoms with Crippen molar-refractivity contribution in [1.29, 1.82) is 0 Å². The van der Waals surface area contributed by atoms with E-state index < -0.39 is 23.3 Å². The highest BCUT2D eigenvalue weighted by Crippen LogP contribution is 2.41. The summed E-state index contributed by atoms with van der Waals surface area (Å²) in [4.78, 5) is 40.8. The average Bonchev–Trinajstić information content (AvgIpc) is 2.99. The number of carboxylic acids is 1. The lowest BCUT2D eigenvalue weighted by Crippen LogP contribution is -2.70. The van der Waals surface area contributed by atoms with Crippen LogP contribution in [0.2, 0.25) is 0 Å². The lowest BCUT2D eigenvalue weighted by molar-refractivity contribution is -0.150. The largest absolute Gasteiger partial charge is 0.477 e. The number of oxazole rings is 1. The number of aliphatic carboxylic acids is 1. The summed E-state index contributed by atoms with van der Waals surface area (Å²) in [5, 5.41) is 11.5. The first kappa shape index (κ1) is 16.8. The van der Waals surface area contributed by atoms with Crippen LogP contribution in [-0.4, -0.2) is 49.9 Å². The number of hydrogen-bond donors (Lipinski definition) is 2. The van der Waals surface area contributed by atoms with Crippen LogP contribution in [-0.2, 0) is 27.2 Å². The van der Waals surface area contributed by atoms with Crippen molar-refractivity contribution in [2.45, 2.75) is 31.2 Å². The Labute approximate surface area is 146 Å². The predicted molar refractivity (Wildman–Crippen MR) is 85.1 cm³/mol. The summed E-state index contributed by atoms with van der Waals surface area (Å²) in [5.41, 5.74) is 0.276. The molecule has 0 aromatic carbocycles. The van der Waals surface area contributed by atoms with E-state index in [9.17, 15) is 19.5 Å². The van der Waals surface area contributed by atoms with Crippen LogP contribution >= 0.6 is 23.4 Å². The van der Waals surface area contributed by atoms with Crippen LogP contribution in [0.3, 0.4) is 0 Å². The molecule has 24 heavy (non-hydrogen) atoms. The van der Waals surface area contributed by atoms with Gasteiger partial charge >= 0.3 is 5.97 Å². The van der Waals surface area contributed by atoms with Crippen LogP contribution in [0, 0.1) is 0 Å². The number of nitrogens with zero attached hydrogens (tertiary/aromatic N) is 2. The van der Waals surface area contributed by atoms with Crippen molar-refractivity contribution in [2.24, 2.45) is 0 Å². The van der Waals surface area contributed by atoms with Gasteiger partial charge in [-0.15, -0.1) is 11.8 Å². The third kappa shape index (κ3) is 2.89. The van der Waals surface area contributed by atoms with E-state index in [0.717, 1.165) is 4.90 Å². The smallest absolute Gasteiger partial charge is 0.353 e. The fourth-order valence-electron chi connectivity index (χ4n) is 2.56. The molecular formula is C14H14ClN3O5S. The van der Waals surface area contributed by atoms with Gasteiger partial charge in [-0.3, -0.25) is 14.5 Å². The Bertz CT molecular complexity index is 747. The molecule has 1 aromatic rings. The van der Waals surface area contributed by atoms with Gasteiger partial charge in [0.15, 0.2) is 5.89 Å². The maximum absolute atomic E-state index is 12.2. The van der Waals surface area contributed by atoms with E-state index in [4.69, 9.17) is 16.0 Å². The van der Waals surface area contributed by atoms with Gasteiger partial charge in [0.25, 0.3) is 5.91 Å². The summed E-state index contributed by atoms with van der Waals surface area (Å²) < 4.78 is 5.16. The summed E-state index contributed by atoms with van der Waals surface area (Å²) in [7, 11) is 0. The first-order valence-electron chi connectivity index (χ1n) is 7.21. The van der Waals surface area contributed by atoms with Crippen molar-refractivity contribution in [3.05, 3.63) is 28.6 Å². The number of carbonyl (C=O) groups is 3. The fraction of sp³-hybridized carbons (Fsp3) is 0.429. The van der Waals surface area contributed by atoms with Gasteiger partial charge in [0.05, 0.1) is 17.1 Å². The van der Waals surface area contributed by atoms with Crippen molar-refractivity contribution in [3.63, 3.8) is 0 Å². The van der Waals surface area contributed by atoms with Crippen LogP contribution < -0.4 is 5.32 Å². The summed E-state index contributed by atoms with van der Waals surface area (Å²) in [6.45, 7) is 1.89. The van der Waals surface area contributed by atoms with Crippen LogP contribution in [0.5, 0.6) is 0 Å². The molecule has 8 nitrogen and oxygen atoms in total. The first-order chi connectivity index (χ1) is 11.4. The molecule has 10 heteroatoms. The minimum absolute atomic E-state index is 0.00690. The molecule has 1 aromatic heterocycles. The Hall–Kier alpha value is -2.00. The Morgan fingerprint density at radius 1 is 1.58 bits per heavy atom. The fourth-order valence-corrected chi connectivity index (χ4v) is 4.11. The monoisotopic (exact) mass is 371 g/mol. The standard InChI is InChI=1S/C14H14ClN3O5S/c1-2-9-16-6(4-23-9)3-8(19)17-10-12(20)18-11(14(21)22)7(15)5-24-13(10)18/h4,10,13H,2-3,5H2,1H3,(H,17,19)(H,21,22)/t10-,13+/m1/s1. The molecule has 3 heterocycles. The molecule has 0 spiro atoms. The highest BCUT2D eigenvalue weighted by molar-refractivity contribution is 8.00. The Morgan fingerprint density at radius 2 is 2.33 bits per heavy atom. The summed E-state index contributed by atoms with van der Waals surface area (Å²) >= 11 is 7.21. The number of β-lactam (4-membered cyclic amide) rings is 1. The molecule has 0 radical (unpaired) electrons. The second-order valence-electron chi connectivity index (χ2n) is 5.28. The number of halogens is 1. The van der Waals surface area contributed by atoms with E-state index in [0.29, 0.717) is 18.0 Å². The second-order valence-corrected chi connectivity index (χ2v) is 6.84. The minimum atomic E-state index is -1.25. The van der Waals surface area contributed by atoms with Crippen molar-refractivity contribution >= 4 is 41.1 Å². The maximum atomic E-state index is 12.2. The Kier molecular flexibility index (Phi) is 4.55. The molecule has 3 rings (SSSR count). The van der Waals surface area contributed by atoms with E-state index in [2.05, 4.69) is 10.3 Å². The third-order valence-corrected chi connectivity index (χ3v) is 5.44. The van der Waals surface area contributed by atoms with E-state index in [1.54, 1.807) is 0 Å². The molecule has 0 bridgehead atoms. The van der Waals surface area contributed by atoms with Crippen LogP contribution in [0.25, 0.3) is 0 Å². The number of thioether (sulfide) groups is 1. The summed E-state index contributed by atoms with van der Waals surface area (Å²) in [6, 6.07) is -0.765. The number of fused-ring (bicyclic) bond motifs is 1. The molecule has 2 atom stereocenters. The number of carboxylic acid groups (broad SMARTS) is 1. The van der Waals surface area contributed by atoms with Crippen molar-refractivity contribution in [3.8, 4) is 0 Å². The molecule has 2 amide bonds. The second kappa shape index (κ2) is 6.48. The molecule has 0 unspecified atom stereocenters. The average molecular weight is 372 g/mol. The SMILES string of the molecule is CCc1nc(CC(=O)N[C@@H]2C(=O)N3C(C(=O)O)=C(Cl)CS[C@@H]23)co1. The summed E-state index contributed by atoms with van der Waals surface area (Å²) in [5.74, 6) is -1.28. The van der Waals surface area contributed by atoms with Gasteiger partial charge in [0.1, 0.15) is 23.4 Å². The molecule has 1 saturated heterocycles. The van der Waals surface area contributed by atoms with Gasteiger partial charge in [-0.25, -0.2) is 9.78 Å². The Morgan fingerprint density at radius 3 is 2.96 bits per heavy atom. The van der Waals surface area contributed by atoms with E-state index >= 15 is 0 Å². The normalized spacial score (nSPS) is 22.9. The van der Waals surface area contributed by atoms with Crippen molar-refractivity contribution in [2.75, 3.05) is 5.75 Å². The minimum Gasteiger partial charge on any atom is -0.477 e. The lowest BCUT2D eigenvalue weighted by Gasteiger charge is -2.48. The van der Waals surface area contributed by atoms with Crippen molar-refractivity contribution in [1.82, 2.24) is 15.2 Å². The number of rotatable bonds is 5. The quantitative estimate of drug-likeness (QED) is 0.733. The molecular weight excluding hydrogens is 358 g/mol. The highest BCUT2D eigenvalue weighted by Gasteiger charge is 2.54. The van der Waals surface area contributed by atoms with Gasteiger partial charge < -0.3 is 14.8 Å². The molecule has 1 fully saturated rings. The molecule has 128 valence electrons. The molecule has 0 aliphatic carbocycles. The molecule has 0 saturated carbocycles. The maximum Gasteiger partial charge on any atom is 0.353 e. The van der Waals surface area contributed by atoms with E-state index in [1.807, 2.05) is 6.92 Å². The van der Waals surface area contributed by atoms with Crippen LogP contribution in [0.1, 0.15) is 18.5 Å². The van der Waals surface area contributed by atoms with Gasteiger partial charge in [0.2, 0.25) is 5.91 Å². The lowest BCUT2D eigenvalue weighted by atomic mass is 10.0. The van der Waals surface area contributed by atoms with Crippen LogP contribution in [0.4, 0.5) is 0 Å². The number of nitrogens with one attached hydrogen (secondary N) is 1. The number of hydrogen-bond acceptors (Lipinski definition) is 6. The molecule has 2 N–H and O–H groups in total. The van der Waals surface area contributed by atoms with Crippen LogP contribution in [0.15, 0.2) is 21.4 Å². The van der Waals surface area contributed by atoms with Gasteiger partial charge in [0, 0.05) is 12.2 Å². The number of aromatic nitrogens is 1. The van der Waals surface area contributed by atoms with Crippen molar-refractivity contribution < 1.29 is 23.9 Å². The number of carbonyl (C=O) groups excluding carboxylic acids is 2. The van der Waals surface area contributed by atoms with Gasteiger partial charge in [-0.05, 0) is 0 Å². The first-order valence-corrected chi connectivity index (χ1v) is 8.64. The predicted octanol–water partition coefficient (Wildman–Crippen LogP) is 0.714. The zero-order valence-corrected chi connectivity index (χ0v) is 14.2. The van der Waals surface area contributed by atoms with Gasteiger partial charge in [-0.1, -0.05) is 18.5 Å². The number of amides is 2. The van der Waals surface area contributed by atoms with E-state index in [1.165, 1.54) is 18.0 Å². The summed E-state index contributed by atoms with van der Waals surface area (Å²) in [6.07, 6.45) is 2.03. The zero-order valence-electron chi connectivity index (χ0n) is 12.6. The van der Waals surface area contributed by atoms with Gasteiger partial charge in [-0.2, -0.15) is 0 Å². The molecule has 2 aliphatic rings. The zero-order chi connectivity index (χ0) is 17.4. The number of aryl methyl sites for hydroxylation is 1. The molecule has 2 aliphatic heterocycles. The third-order valence-electron chi connectivity index (χ3n) is 3.68. The Balaban J connectivity index is 1.64. The highest BCUT2D eigenvalue weighted by atomic mass is 35.5. The topological polar surface area (TPSA) is 113 Å².